The monoisotopic (exact) mass is 436 g/mol. The first-order valence-corrected chi connectivity index (χ1v) is 11.1. The first-order chi connectivity index (χ1) is 15.5. The third-order valence-corrected chi connectivity index (χ3v) is 5.42. The van der Waals surface area contributed by atoms with Crippen molar-refractivity contribution in [3.05, 3.63) is 47.3 Å². The summed E-state index contributed by atoms with van der Waals surface area (Å²) >= 11 is 0. The Kier molecular flexibility index (Phi) is 9.87. The zero-order chi connectivity index (χ0) is 23.5. The highest BCUT2D eigenvalue weighted by molar-refractivity contribution is 6.25. The number of para-hydroxylation sites is 1. The number of unbranched alkanes of at least 4 members (excludes halogenated alkanes) is 2. The number of hydrogen-bond acceptors (Lipinski definition) is 4. The lowest BCUT2D eigenvalue weighted by molar-refractivity contribution is 0.0948. The average Bonchev–Trinajstić information content (AvgIpc) is 2.82. The minimum absolute atomic E-state index is 0.259. The predicted octanol–water partition coefficient (Wildman–Crippen LogP) is 4.89. The highest BCUT2D eigenvalue weighted by Gasteiger charge is 2.17. The highest BCUT2D eigenvalue weighted by Crippen LogP contribution is 2.28. The smallest absolute Gasteiger partial charge is 0.269 e. The van der Waals surface area contributed by atoms with Gasteiger partial charge in [-0.05, 0) is 50.3 Å². The second-order valence-corrected chi connectivity index (χ2v) is 7.73. The van der Waals surface area contributed by atoms with Crippen molar-refractivity contribution in [2.75, 3.05) is 20.3 Å². The Morgan fingerprint density at radius 2 is 2.12 bits per heavy atom. The zero-order valence-electron chi connectivity index (χ0n) is 19.5. The maximum atomic E-state index is 12.9. The van der Waals surface area contributed by atoms with Gasteiger partial charge < -0.3 is 11.1 Å². The summed E-state index contributed by atoms with van der Waals surface area (Å²) < 4.78 is 12.3. The van der Waals surface area contributed by atoms with Crippen LogP contribution in [-0.2, 0) is 0 Å². The maximum absolute atomic E-state index is 12.9. The van der Waals surface area contributed by atoms with Crippen LogP contribution in [0, 0.1) is 17.8 Å². The van der Waals surface area contributed by atoms with E-state index in [0.29, 0.717) is 24.2 Å². The van der Waals surface area contributed by atoms with E-state index in [0.717, 1.165) is 47.1 Å². The van der Waals surface area contributed by atoms with Crippen molar-refractivity contribution >= 4 is 28.1 Å². The summed E-state index contributed by atoms with van der Waals surface area (Å²) in [7, 11) is 1.70. The number of pyridine rings is 1. The van der Waals surface area contributed by atoms with Gasteiger partial charge in [0.1, 0.15) is 5.69 Å². The van der Waals surface area contributed by atoms with Gasteiger partial charge in [0.2, 0.25) is 0 Å². The normalized spacial score (nSPS) is 12.9. The molecule has 0 bridgehead atoms. The number of benzene rings is 1. The van der Waals surface area contributed by atoms with Gasteiger partial charge in [0.25, 0.3) is 5.91 Å². The van der Waals surface area contributed by atoms with Crippen molar-refractivity contribution in [1.29, 1.82) is 0 Å². The van der Waals surface area contributed by atoms with Crippen molar-refractivity contribution in [1.82, 2.24) is 10.3 Å². The predicted molar refractivity (Wildman–Crippen MR) is 131 cm³/mol. The van der Waals surface area contributed by atoms with Gasteiger partial charge in [-0.1, -0.05) is 37.8 Å². The fraction of sp³-hybridized carbons (Fsp3) is 0.423. The standard InChI is InChI=1S/C26H33FN4O/c1-5-18(2)12-13-20-10-9-11-21-22(23(17-28)19(3)29-4)16-24(31-25(20)21)26(32)30-15-8-6-7-14-27/h9-11,16-18H,5-8,14-15,28H2,1-4H3,(H,30,32)/b23-17+,29-19?. The lowest BCUT2D eigenvalue weighted by Crippen LogP contribution is -2.25. The molecular weight excluding hydrogens is 403 g/mol. The molecule has 1 heterocycles. The summed E-state index contributed by atoms with van der Waals surface area (Å²) in [4.78, 5) is 21.8. The number of alkyl halides is 1. The number of aliphatic imine (C=N–C) groups is 1. The van der Waals surface area contributed by atoms with E-state index in [1.54, 1.807) is 13.1 Å². The first kappa shape index (κ1) is 25.1. The van der Waals surface area contributed by atoms with Crippen molar-refractivity contribution in [3.63, 3.8) is 0 Å². The number of nitrogens with zero attached hydrogens (tertiary/aromatic N) is 2. The summed E-state index contributed by atoms with van der Waals surface area (Å²) in [6.07, 6.45) is 4.42. The van der Waals surface area contributed by atoms with Gasteiger partial charge in [-0.25, -0.2) is 4.98 Å². The molecule has 0 aliphatic rings. The van der Waals surface area contributed by atoms with E-state index in [9.17, 15) is 9.18 Å². The van der Waals surface area contributed by atoms with Crippen molar-refractivity contribution in [2.24, 2.45) is 16.6 Å². The van der Waals surface area contributed by atoms with Gasteiger partial charge in [0.05, 0.1) is 17.8 Å². The topological polar surface area (TPSA) is 80.4 Å². The van der Waals surface area contributed by atoms with Crippen molar-refractivity contribution in [3.8, 4) is 11.8 Å². The van der Waals surface area contributed by atoms with Crippen LogP contribution >= 0.6 is 0 Å². The molecule has 1 aromatic heterocycles. The van der Waals surface area contributed by atoms with Crippen LogP contribution in [-0.4, -0.2) is 36.9 Å². The second-order valence-electron chi connectivity index (χ2n) is 7.73. The molecule has 2 rings (SSSR count). The van der Waals surface area contributed by atoms with Crippen LogP contribution in [0.2, 0.25) is 0 Å². The molecule has 0 aliphatic carbocycles. The van der Waals surface area contributed by atoms with Gasteiger partial charge in [0.15, 0.2) is 0 Å². The molecular formula is C26H33FN4O. The SMILES string of the molecule is CCC(C)C#Cc1cccc2c(/C(=C/N)C(C)=NC)cc(C(=O)NCCCCCF)nc12. The number of amides is 1. The van der Waals surface area contributed by atoms with E-state index >= 15 is 0 Å². The van der Waals surface area contributed by atoms with E-state index < -0.39 is 0 Å². The first-order valence-electron chi connectivity index (χ1n) is 11.1. The summed E-state index contributed by atoms with van der Waals surface area (Å²) in [5.74, 6) is 6.47. The Hall–Kier alpha value is -3.20. The molecule has 3 N–H and O–H groups in total. The molecule has 32 heavy (non-hydrogen) atoms. The fourth-order valence-corrected chi connectivity index (χ4v) is 3.21. The molecule has 5 nitrogen and oxygen atoms in total. The molecule has 2 aromatic rings. The number of hydrogen-bond donors (Lipinski definition) is 2. The molecule has 1 amide bonds. The molecule has 0 fully saturated rings. The van der Waals surface area contributed by atoms with E-state index in [-0.39, 0.29) is 18.5 Å². The minimum atomic E-state index is -0.337. The van der Waals surface area contributed by atoms with E-state index in [2.05, 4.69) is 41.0 Å². The Bertz CT molecular complexity index is 1060. The van der Waals surface area contributed by atoms with E-state index in [1.165, 1.54) is 6.20 Å². The summed E-state index contributed by atoms with van der Waals surface area (Å²) in [5, 5.41) is 3.75. The number of nitrogens with one attached hydrogen (secondary N) is 1. The highest BCUT2D eigenvalue weighted by atomic mass is 19.1. The number of fused-ring (bicyclic) bond motifs is 1. The van der Waals surface area contributed by atoms with Gasteiger partial charge >= 0.3 is 0 Å². The average molecular weight is 437 g/mol. The van der Waals surface area contributed by atoms with Crippen LogP contribution in [0.25, 0.3) is 16.5 Å². The van der Waals surface area contributed by atoms with Crippen LogP contribution in [0.3, 0.4) is 0 Å². The van der Waals surface area contributed by atoms with Gasteiger partial charge in [-0.15, -0.1) is 0 Å². The number of rotatable bonds is 9. The van der Waals surface area contributed by atoms with Crippen molar-refractivity contribution in [2.45, 2.75) is 46.5 Å². The molecule has 0 aliphatic heterocycles. The summed E-state index contributed by atoms with van der Waals surface area (Å²) in [6.45, 7) is 6.19. The van der Waals surface area contributed by atoms with Crippen LogP contribution < -0.4 is 11.1 Å². The van der Waals surface area contributed by atoms with E-state index in [1.807, 2.05) is 25.1 Å². The largest absolute Gasteiger partial charge is 0.404 e. The molecule has 0 radical (unpaired) electrons. The number of aromatic nitrogens is 1. The van der Waals surface area contributed by atoms with Crippen molar-refractivity contribution < 1.29 is 9.18 Å². The summed E-state index contributed by atoms with van der Waals surface area (Å²) in [5.41, 5.74) is 9.96. The molecule has 1 unspecified atom stereocenters. The molecule has 1 atom stereocenters. The van der Waals surface area contributed by atoms with Gasteiger partial charge in [0, 0.05) is 42.4 Å². The molecule has 6 heteroatoms. The third kappa shape index (κ3) is 6.40. The quantitative estimate of drug-likeness (QED) is 0.334. The van der Waals surface area contributed by atoms with Gasteiger partial charge in [-0.3, -0.25) is 14.2 Å². The molecule has 170 valence electrons. The minimum Gasteiger partial charge on any atom is -0.404 e. The number of allylic oxidation sites excluding steroid dienone is 1. The maximum Gasteiger partial charge on any atom is 0.269 e. The lowest BCUT2D eigenvalue weighted by Gasteiger charge is -2.14. The molecule has 0 spiro atoms. The Morgan fingerprint density at radius 3 is 2.78 bits per heavy atom. The van der Waals surface area contributed by atoms with E-state index in [4.69, 9.17) is 5.73 Å². The van der Waals surface area contributed by atoms with Crippen LogP contribution in [0.5, 0.6) is 0 Å². The second kappa shape index (κ2) is 12.6. The van der Waals surface area contributed by atoms with Crippen LogP contribution in [0.15, 0.2) is 35.5 Å². The zero-order valence-corrected chi connectivity index (χ0v) is 19.5. The molecule has 0 saturated carbocycles. The van der Waals surface area contributed by atoms with Gasteiger partial charge in [-0.2, -0.15) is 0 Å². The summed E-state index contributed by atoms with van der Waals surface area (Å²) in [6, 6.07) is 7.56. The molecule has 1 aromatic carbocycles. The Morgan fingerprint density at radius 1 is 1.34 bits per heavy atom. The Balaban J connectivity index is 2.59. The van der Waals surface area contributed by atoms with Crippen LogP contribution in [0.1, 0.15) is 68.1 Å². The number of nitrogens with two attached hydrogens (primary N) is 1. The lowest BCUT2D eigenvalue weighted by atomic mass is 9.95. The number of carbonyl (C=O) groups is 1. The third-order valence-electron chi connectivity index (χ3n) is 5.42. The van der Waals surface area contributed by atoms with Crippen LogP contribution in [0.4, 0.5) is 4.39 Å². The Labute approximate surface area is 190 Å². The molecule has 0 saturated heterocycles. The fourth-order valence-electron chi connectivity index (χ4n) is 3.21. The number of carbonyl (C=O) groups excluding carboxylic acids is 1. The number of halogens is 1.